The second-order valence-electron chi connectivity index (χ2n) is 5.77. The van der Waals surface area contributed by atoms with Crippen LogP contribution < -0.4 is 14.8 Å². The van der Waals surface area contributed by atoms with Crippen LogP contribution in [0.1, 0.15) is 10.4 Å². The number of aromatic nitrogens is 2. The van der Waals surface area contributed by atoms with Crippen LogP contribution >= 0.6 is 15.9 Å². The molecular weight excluding hydrogens is 443 g/mol. The summed E-state index contributed by atoms with van der Waals surface area (Å²) in [6.45, 7) is -1.46. The van der Waals surface area contributed by atoms with Crippen LogP contribution in [-0.2, 0) is 0 Å². The van der Waals surface area contributed by atoms with Gasteiger partial charge in [-0.15, -0.1) is 0 Å². The monoisotopic (exact) mass is 457 g/mol. The second kappa shape index (κ2) is 7.70. The molecule has 6 nitrogen and oxygen atoms in total. The van der Waals surface area contributed by atoms with E-state index in [0.717, 1.165) is 15.5 Å². The normalized spacial score (nSPS) is 11.5. The summed E-state index contributed by atoms with van der Waals surface area (Å²) < 4.78 is 50.4. The van der Waals surface area contributed by atoms with Crippen LogP contribution in [0.15, 0.2) is 41.1 Å². The van der Waals surface area contributed by atoms with Gasteiger partial charge in [0.05, 0.1) is 30.9 Å². The molecule has 10 heteroatoms. The van der Waals surface area contributed by atoms with Gasteiger partial charge >= 0.3 is 6.18 Å². The van der Waals surface area contributed by atoms with Crippen LogP contribution in [0, 0.1) is 0 Å². The van der Waals surface area contributed by atoms with E-state index in [4.69, 9.17) is 9.47 Å². The Morgan fingerprint density at radius 3 is 2.39 bits per heavy atom. The number of halogens is 4. The van der Waals surface area contributed by atoms with E-state index < -0.39 is 18.6 Å². The molecule has 0 saturated carbocycles. The van der Waals surface area contributed by atoms with Gasteiger partial charge in [-0.3, -0.25) is 9.36 Å². The number of benzene rings is 2. The van der Waals surface area contributed by atoms with Gasteiger partial charge in [0.25, 0.3) is 5.91 Å². The number of methoxy groups -OCH3 is 2. The first kappa shape index (κ1) is 20.0. The highest BCUT2D eigenvalue weighted by Crippen LogP contribution is 2.33. The number of carbonyl (C=O) groups is 1. The van der Waals surface area contributed by atoms with Gasteiger partial charge in [-0.1, -0.05) is 15.9 Å². The number of hydrogen-bond donors (Lipinski definition) is 1. The van der Waals surface area contributed by atoms with E-state index >= 15 is 0 Å². The summed E-state index contributed by atoms with van der Waals surface area (Å²) in [5.41, 5.74) is 1.98. The summed E-state index contributed by atoms with van der Waals surface area (Å²) in [4.78, 5) is 16.6. The highest BCUT2D eigenvalue weighted by Gasteiger charge is 2.29. The van der Waals surface area contributed by atoms with Crippen molar-refractivity contribution in [2.75, 3.05) is 20.8 Å². The number of amides is 1. The summed E-state index contributed by atoms with van der Waals surface area (Å²) in [6.07, 6.45) is -2.94. The van der Waals surface area contributed by atoms with E-state index in [1.165, 1.54) is 26.4 Å². The van der Waals surface area contributed by atoms with E-state index in [9.17, 15) is 18.0 Å². The average molecular weight is 458 g/mol. The maximum atomic E-state index is 12.4. The minimum atomic E-state index is -4.53. The molecule has 148 valence electrons. The van der Waals surface area contributed by atoms with Gasteiger partial charge in [0.2, 0.25) is 0 Å². The molecule has 1 N–H and O–H groups in total. The maximum Gasteiger partial charge on any atom is 0.405 e. The molecule has 3 aromatic rings. The first-order valence-corrected chi connectivity index (χ1v) is 8.76. The molecule has 0 aliphatic rings. The molecule has 0 saturated heterocycles. The Morgan fingerprint density at radius 1 is 1.18 bits per heavy atom. The summed E-state index contributed by atoms with van der Waals surface area (Å²) in [7, 11) is 2.64. The minimum absolute atomic E-state index is 0.0768. The lowest BCUT2D eigenvalue weighted by Crippen LogP contribution is -2.34. The van der Waals surface area contributed by atoms with E-state index in [0.29, 0.717) is 5.69 Å². The highest BCUT2D eigenvalue weighted by molar-refractivity contribution is 9.10. The molecule has 3 rings (SSSR count). The van der Waals surface area contributed by atoms with Gasteiger partial charge in [0.15, 0.2) is 0 Å². The Labute approximate surface area is 166 Å². The van der Waals surface area contributed by atoms with Gasteiger partial charge < -0.3 is 14.8 Å². The third kappa shape index (κ3) is 4.06. The quantitative estimate of drug-likeness (QED) is 0.626. The molecule has 0 spiro atoms. The lowest BCUT2D eigenvalue weighted by molar-refractivity contribution is -0.123. The van der Waals surface area contributed by atoms with Crippen LogP contribution in [-0.4, -0.2) is 42.4 Å². The Kier molecular flexibility index (Phi) is 5.50. The highest BCUT2D eigenvalue weighted by atomic mass is 79.9. The average Bonchev–Trinajstić information content (AvgIpc) is 3.07. The fourth-order valence-electron chi connectivity index (χ4n) is 2.72. The van der Waals surface area contributed by atoms with Gasteiger partial charge in [-0.25, -0.2) is 4.98 Å². The molecule has 0 atom stereocenters. The van der Waals surface area contributed by atoms with Crippen LogP contribution in [0.4, 0.5) is 13.2 Å². The van der Waals surface area contributed by atoms with Crippen LogP contribution in [0.3, 0.4) is 0 Å². The summed E-state index contributed by atoms with van der Waals surface area (Å²) in [6, 6.07) is 8.63. The molecule has 2 aromatic carbocycles. The number of imidazole rings is 1. The second-order valence-corrected chi connectivity index (χ2v) is 6.69. The van der Waals surface area contributed by atoms with Crippen molar-refractivity contribution in [2.45, 2.75) is 6.18 Å². The van der Waals surface area contributed by atoms with Crippen molar-refractivity contribution < 1.29 is 27.4 Å². The van der Waals surface area contributed by atoms with Gasteiger partial charge in [-0.05, 0) is 18.2 Å². The number of hydrogen-bond acceptors (Lipinski definition) is 4. The zero-order chi connectivity index (χ0) is 20.5. The molecule has 0 bridgehead atoms. The molecule has 1 aromatic heterocycles. The number of carbonyl (C=O) groups excluding carboxylic acids is 1. The fourth-order valence-corrected chi connectivity index (χ4v) is 3.07. The molecule has 0 aliphatic carbocycles. The molecule has 0 unspecified atom stereocenters. The third-order valence-corrected chi connectivity index (χ3v) is 4.45. The summed E-state index contributed by atoms with van der Waals surface area (Å²) in [5.74, 6) is -0.794. The molecule has 0 aliphatic heterocycles. The summed E-state index contributed by atoms with van der Waals surface area (Å²) in [5, 5.41) is 1.83. The molecule has 1 amide bonds. The van der Waals surface area contributed by atoms with Crippen LogP contribution in [0.2, 0.25) is 0 Å². The lowest BCUT2D eigenvalue weighted by Gasteiger charge is -2.16. The predicted molar refractivity (Wildman–Crippen MR) is 100 cm³/mol. The molecular formula is C18H15BrF3N3O3. The van der Waals surface area contributed by atoms with E-state index in [-0.39, 0.29) is 17.1 Å². The van der Waals surface area contributed by atoms with Crippen LogP contribution in [0.5, 0.6) is 11.5 Å². The number of ether oxygens (including phenoxy) is 2. The van der Waals surface area contributed by atoms with Crippen molar-refractivity contribution >= 4 is 32.9 Å². The smallest absolute Gasteiger partial charge is 0.405 e. The molecule has 1 heterocycles. The third-order valence-electron chi connectivity index (χ3n) is 3.95. The Bertz CT molecular complexity index is 1010. The molecule has 28 heavy (non-hydrogen) atoms. The number of alkyl halides is 3. The standard InChI is InChI=1S/C18H15BrF3N3O3/c1-27-14-6-11(25-9-24-12-5-10(19)3-4-13(12)25)7-15(28-2)16(14)17(26)23-8-18(20,21)22/h3-7,9H,8H2,1-2H3,(H,23,26). The van der Waals surface area contributed by atoms with E-state index in [1.807, 2.05) is 23.5 Å². The zero-order valence-corrected chi connectivity index (χ0v) is 16.4. The number of nitrogens with one attached hydrogen (secondary N) is 1. The van der Waals surface area contributed by atoms with Crippen molar-refractivity contribution in [1.29, 1.82) is 0 Å². The fraction of sp³-hybridized carbons (Fsp3) is 0.222. The van der Waals surface area contributed by atoms with Crippen molar-refractivity contribution in [3.8, 4) is 17.2 Å². The van der Waals surface area contributed by atoms with Crippen LogP contribution in [0.25, 0.3) is 16.7 Å². The number of fused-ring (bicyclic) bond motifs is 1. The SMILES string of the molecule is COc1cc(-n2cnc3cc(Br)ccc32)cc(OC)c1C(=O)NCC(F)(F)F. The van der Waals surface area contributed by atoms with Crippen molar-refractivity contribution in [2.24, 2.45) is 0 Å². The van der Waals surface area contributed by atoms with Crippen molar-refractivity contribution in [3.05, 3.63) is 46.7 Å². The topological polar surface area (TPSA) is 65.4 Å². The van der Waals surface area contributed by atoms with E-state index in [2.05, 4.69) is 20.9 Å². The lowest BCUT2D eigenvalue weighted by atomic mass is 10.1. The predicted octanol–water partition coefficient (Wildman–Crippen LogP) is 4.10. The summed E-state index contributed by atoms with van der Waals surface area (Å²) >= 11 is 3.38. The molecule has 0 fully saturated rings. The van der Waals surface area contributed by atoms with Gasteiger partial charge in [-0.2, -0.15) is 13.2 Å². The van der Waals surface area contributed by atoms with Crippen molar-refractivity contribution in [3.63, 3.8) is 0 Å². The Balaban J connectivity index is 2.06. The van der Waals surface area contributed by atoms with E-state index in [1.54, 1.807) is 10.9 Å². The van der Waals surface area contributed by atoms with Crippen molar-refractivity contribution in [1.82, 2.24) is 14.9 Å². The van der Waals surface area contributed by atoms with Gasteiger partial charge in [0.1, 0.15) is 29.9 Å². The first-order valence-electron chi connectivity index (χ1n) is 7.97. The minimum Gasteiger partial charge on any atom is -0.496 e. The number of rotatable bonds is 5. The zero-order valence-electron chi connectivity index (χ0n) is 14.8. The molecule has 0 radical (unpaired) electrons. The number of nitrogens with zero attached hydrogens (tertiary/aromatic N) is 2. The Hall–Kier alpha value is -2.75. The van der Waals surface area contributed by atoms with Gasteiger partial charge in [0, 0.05) is 16.6 Å². The first-order chi connectivity index (χ1) is 13.2. The largest absolute Gasteiger partial charge is 0.496 e. The Morgan fingerprint density at radius 2 is 1.82 bits per heavy atom. The maximum absolute atomic E-state index is 12.4.